The van der Waals surface area contributed by atoms with Gasteiger partial charge in [0.1, 0.15) is 17.3 Å². The van der Waals surface area contributed by atoms with E-state index in [9.17, 15) is 19.1 Å². The average Bonchev–Trinajstić information content (AvgIpc) is 2.74. The zero-order valence-electron chi connectivity index (χ0n) is 16.5. The summed E-state index contributed by atoms with van der Waals surface area (Å²) in [6.07, 6.45) is 0. The Bertz CT molecular complexity index is 1150. The second-order valence-corrected chi connectivity index (χ2v) is 7.16. The number of phenolic OH excluding ortho intramolecular Hbond substituents is 1. The zero-order chi connectivity index (χ0) is 21.3. The molecule has 4 rings (SSSR count). The SMILES string of the molecule is Cc1cc(=O)c(C(=O)N2CCN(c3cccc(O)c3)CC2)nn1-c1ccccc1F. The predicted octanol–water partition coefficient (Wildman–Crippen LogP) is 2.35. The van der Waals surface area contributed by atoms with E-state index >= 15 is 0 Å². The second kappa shape index (κ2) is 7.98. The fraction of sp³-hybridized carbons (Fsp3) is 0.227. The summed E-state index contributed by atoms with van der Waals surface area (Å²) in [5.74, 6) is -0.779. The summed E-state index contributed by atoms with van der Waals surface area (Å²) in [6, 6.07) is 14.3. The number of hydrogen-bond acceptors (Lipinski definition) is 5. The third-order valence-electron chi connectivity index (χ3n) is 5.15. The van der Waals surface area contributed by atoms with Gasteiger partial charge in [-0.05, 0) is 31.2 Å². The van der Waals surface area contributed by atoms with Crippen LogP contribution < -0.4 is 10.3 Å². The van der Waals surface area contributed by atoms with Crippen LogP contribution in [0.3, 0.4) is 0 Å². The van der Waals surface area contributed by atoms with Crippen LogP contribution in [0.2, 0.25) is 0 Å². The smallest absolute Gasteiger partial charge is 0.278 e. The van der Waals surface area contributed by atoms with Crippen molar-refractivity contribution in [1.82, 2.24) is 14.7 Å². The minimum absolute atomic E-state index is 0.178. The molecule has 1 fully saturated rings. The van der Waals surface area contributed by atoms with Crippen molar-refractivity contribution in [3.63, 3.8) is 0 Å². The maximum Gasteiger partial charge on any atom is 0.278 e. The van der Waals surface area contributed by atoms with Crippen molar-refractivity contribution >= 4 is 11.6 Å². The van der Waals surface area contributed by atoms with Crippen molar-refractivity contribution in [2.24, 2.45) is 0 Å². The van der Waals surface area contributed by atoms with Gasteiger partial charge in [-0.15, -0.1) is 0 Å². The van der Waals surface area contributed by atoms with E-state index in [4.69, 9.17) is 0 Å². The molecule has 1 aliphatic heterocycles. The molecule has 0 aliphatic carbocycles. The lowest BCUT2D eigenvalue weighted by molar-refractivity contribution is 0.0737. The molecule has 154 valence electrons. The molecule has 0 atom stereocenters. The highest BCUT2D eigenvalue weighted by atomic mass is 19.1. The third-order valence-corrected chi connectivity index (χ3v) is 5.15. The normalized spacial score (nSPS) is 14.1. The molecule has 0 unspecified atom stereocenters. The predicted molar refractivity (Wildman–Crippen MR) is 111 cm³/mol. The Balaban J connectivity index is 1.56. The van der Waals surface area contributed by atoms with E-state index in [1.807, 2.05) is 6.07 Å². The fourth-order valence-corrected chi connectivity index (χ4v) is 3.57. The molecule has 1 aliphatic rings. The summed E-state index contributed by atoms with van der Waals surface area (Å²) >= 11 is 0. The van der Waals surface area contributed by atoms with Gasteiger partial charge in [-0.1, -0.05) is 18.2 Å². The second-order valence-electron chi connectivity index (χ2n) is 7.16. The Morgan fingerprint density at radius 2 is 1.77 bits per heavy atom. The lowest BCUT2D eigenvalue weighted by Crippen LogP contribution is -2.50. The van der Waals surface area contributed by atoms with Crippen LogP contribution in [0.25, 0.3) is 5.69 Å². The molecule has 0 spiro atoms. The Morgan fingerprint density at radius 3 is 2.47 bits per heavy atom. The molecule has 0 radical (unpaired) electrons. The summed E-state index contributed by atoms with van der Waals surface area (Å²) in [5, 5.41) is 13.9. The molecule has 1 saturated heterocycles. The summed E-state index contributed by atoms with van der Waals surface area (Å²) in [5.41, 5.74) is 0.778. The highest BCUT2D eigenvalue weighted by molar-refractivity contribution is 5.92. The number of carbonyl (C=O) groups is 1. The molecule has 1 aromatic heterocycles. The lowest BCUT2D eigenvalue weighted by atomic mass is 10.2. The van der Waals surface area contributed by atoms with Crippen molar-refractivity contribution in [2.45, 2.75) is 6.92 Å². The summed E-state index contributed by atoms with van der Waals surface area (Å²) in [7, 11) is 0. The molecule has 1 N–H and O–H groups in total. The van der Waals surface area contributed by atoms with Gasteiger partial charge in [0.2, 0.25) is 5.43 Å². The zero-order valence-corrected chi connectivity index (χ0v) is 16.5. The standard InChI is InChI=1S/C22H21FN4O3/c1-15-13-20(29)21(24-27(15)19-8-3-2-7-18(19)23)22(30)26-11-9-25(10-12-26)16-5-4-6-17(28)14-16/h2-8,13-14,28H,9-12H2,1H3. The van der Waals surface area contributed by atoms with Crippen LogP contribution in [0, 0.1) is 12.7 Å². The fourth-order valence-electron chi connectivity index (χ4n) is 3.57. The topological polar surface area (TPSA) is 78.7 Å². The van der Waals surface area contributed by atoms with Gasteiger partial charge >= 0.3 is 0 Å². The van der Waals surface area contributed by atoms with E-state index < -0.39 is 17.2 Å². The number of anilines is 1. The van der Waals surface area contributed by atoms with E-state index in [2.05, 4.69) is 10.00 Å². The first-order chi connectivity index (χ1) is 14.4. The maximum absolute atomic E-state index is 14.2. The van der Waals surface area contributed by atoms with Crippen molar-refractivity contribution in [1.29, 1.82) is 0 Å². The first-order valence-corrected chi connectivity index (χ1v) is 9.63. The number of halogens is 1. The van der Waals surface area contributed by atoms with E-state index in [1.54, 1.807) is 48.2 Å². The molecule has 8 heteroatoms. The molecule has 0 bridgehead atoms. The van der Waals surface area contributed by atoms with E-state index in [1.165, 1.54) is 16.8 Å². The average molecular weight is 408 g/mol. The van der Waals surface area contributed by atoms with Gasteiger partial charge in [-0.25, -0.2) is 9.07 Å². The summed E-state index contributed by atoms with van der Waals surface area (Å²) in [4.78, 5) is 29.1. The number of benzene rings is 2. The number of aromatic nitrogens is 2. The number of phenols is 1. The van der Waals surface area contributed by atoms with Gasteiger partial charge in [-0.2, -0.15) is 5.10 Å². The van der Waals surface area contributed by atoms with E-state index in [0.29, 0.717) is 31.9 Å². The summed E-state index contributed by atoms with van der Waals surface area (Å²) < 4.78 is 15.5. The molecular formula is C22H21FN4O3. The maximum atomic E-state index is 14.2. The van der Waals surface area contributed by atoms with E-state index in [-0.39, 0.29) is 17.1 Å². The van der Waals surface area contributed by atoms with Gasteiger partial charge in [-0.3, -0.25) is 9.59 Å². The molecule has 2 aromatic carbocycles. The Labute approximate surface area is 172 Å². The number of para-hydroxylation sites is 1. The van der Waals surface area contributed by atoms with Crippen LogP contribution in [-0.4, -0.2) is 51.9 Å². The summed E-state index contributed by atoms with van der Waals surface area (Å²) in [6.45, 7) is 3.57. The Hall–Kier alpha value is -3.68. The van der Waals surface area contributed by atoms with Crippen LogP contribution in [0.15, 0.2) is 59.4 Å². The van der Waals surface area contributed by atoms with Crippen LogP contribution in [0.1, 0.15) is 16.2 Å². The number of carbonyl (C=O) groups excluding carboxylic acids is 1. The van der Waals surface area contributed by atoms with Crippen LogP contribution in [0.4, 0.5) is 10.1 Å². The van der Waals surface area contributed by atoms with Crippen molar-refractivity contribution in [3.05, 3.63) is 82.0 Å². The first-order valence-electron chi connectivity index (χ1n) is 9.63. The van der Waals surface area contributed by atoms with Gasteiger partial charge in [0, 0.05) is 49.7 Å². The first kappa shape index (κ1) is 19.6. The monoisotopic (exact) mass is 408 g/mol. The van der Waals surface area contributed by atoms with Crippen molar-refractivity contribution < 1.29 is 14.3 Å². The number of piperazine rings is 1. The Morgan fingerprint density at radius 1 is 1.03 bits per heavy atom. The number of aryl methyl sites for hydroxylation is 1. The molecular weight excluding hydrogens is 387 g/mol. The minimum atomic E-state index is -0.491. The number of hydrogen-bond donors (Lipinski definition) is 1. The van der Waals surface area contributed by atoms with Gasteiger partial charge in [0.05, 0.1) is 0 Å². The highest BCUT2D eigenvalue weighted by Gasteiger charge is 2.26. The highest BCUT2D eigenvalue weighted by Crippen LogP contribution is 2.21. The van der Waals surface area contributed by atoms with Gasteiger partial charge < -0.3 is 14.9 Å². The Kier molecular flexibility index (Phi) is 5.22. The number of nitrogens with zero attached hydrogens (tertiary/aromatic N) is 4. The molecule has 2 heterocycles. The van der Waals surface area contributed by atoms with Crippen molar-refractivity contribution in [3.8, 4) is 11.4 Å². The molecule has 30 heavy (non-hydrogen) atoms. The lowest BCUT2D eigenvalue weighted by Gasteiger charge is -2.36. The molecule has 3 aromatic rings. The number of rotatable bonds is 3. The minimum Gasteiger partial charge on any atom is -0.508 e. The molecule has 1 amide bonds. The number of aromatic hydroxyl groups is 1. The van der Waals surface area contributed by atoms with Crippen LogP contribution in [0.5, 0.6) is 5.75 Å². The van der Waals surface area contributed by atoms with Crippen molar-refractivity contribution in [2.75, 3.05) is 31.1 Å². The third kappa shape index (κ3) is 3.76. The van der Waals surface area contributed by atoms with Gasteiger partial charge in [0.25, 0.3) is 5.91 Å². The van der Waals surface area contributed by atoms with E-state index in [0.717, 1.165) is 5.69 Å². The van der Waals surface area contributed by atoms with Crippen LogP contribution >= 0.6 is 0 Å². The molecule has 7 nitrogen and oxygen atoms in total. The van der Waals surface area contributed by atoms with Crippen LogP contribution in [-0.2, 0) is 0 Å². The largest absolute Gasteiger partial charge is 0.508 e. The number of amides is 1. The van der Waals surface area contributed by atoms with Gasteiger partial charge in [0.15, 0.2) is 5.69 Å². The quantitative estimate of drug-likeness (QED) is 0.720. The molecule has 0 saturated carbocycles.